The number of nitrogens with zero attached hydrogens (tertiary/aromatic N) is 1. The van der Waals surface area contributed by atoms with E-state index >= 15 is 0 Å². The molecule has 1 saturated heterocycles. The Labute approximate surface area is 205 Å². The smallest absolute Gasteiger partial charge is 0.347 e. The van der Waals surface area contributed by atoms with Crippen LogP contribution in [0.5, 0.6) is 0 Å². The average Bonchev–Trinajstić information content (AvgIpc) is 3.34. The number of piperidine rings is 1. The molecule has 1 fully saturated rings. The fourth-order valence-corrected chi connectivity index (χ4v) is 5.67. The van der Waals surface area contributed by atoms with E-state index in [2.05, 4.69) is 26.3 Å². The van der Waals surface area contributed by atoms with Crippen LogP contribution in [0.15, 0.2) is 36.5 Å². The third kappa shape index (κ3) is 4.43. The van der Waals surface area contributed by atoms with Crippen LogP contribution in [-0.4, -0.2) is 48.5 Å². The number of carbonyl (C=O) groups excluding carboxylic acids is 3. The number of alkyl halides is 3. The molecule has 0 bridgehead atoms. The van der Waals surface area contributed by atoms with Crippen molar-refractivity contribution in [3.05, 3.63) is 53.2 Å². The fourth-order valence-electron chi connectivity index (χ4n) is 5.67. The van der Waals surface area contributed by atoms with Gasteiger partial charge in [0, 0.05) is 17.4 Å². The largest absolute Gasteiger partial charge is 0.390 e. The van der Waals surface area contributed by atoms with Crippen LogP contribution in [0.3, 0.4) is 0 Å². The number of amides is 3. The number of aromatic nitrogens is 1. The van der Waals surface area contributed by atoms with Gasteiger partial charge in [-0.25, -0.2) is 4.98 Å². The second-order valence-electron chi connectivity index (χ2n) is 9.83. The molecule has 190 valence electrons. The summed E-state index contributed by atoms with van der Waals surface area (Å²) in [6.07, 6.45) is -2.98. The third-order valence-corrected chi connectivity index (χ3v) is 7.46. The van der Waals surface area contributed by atoms with E-state index in [-0.39, 0.29) is 18.7 Å². The highest BCUT2D eigenvalue weighted by Gasteiger charge is 2.51. The van der Waals surface area contributed by atoms with Crippen molar-refractivity contribution in [3.8, 4) is 0 Å². The van der Waals surface area contributed by atoms with Crippen LogP contribution >= 0.6 is 0 Å². The average molecular weight is 502 g/mol. The molecule has 0 radical (unpaired) electrons. The van der Waals surface area contributed by atoms with E-state index in [9.17, 15) is 27.6 Å². The first-order valence-electron chi connectivity index (χ1n) is 11.8. The van der Waals surface area contributed by atoms with Gasteiger partial charge >= 0.3 is 6.18 Å². The lowest BCUT2D eigenvalue weighted by atomic mass is 9.75. The van der Waals surface area contributed by atoms with Crippen LogP contribution in [0.1, 0.15) is 36.0 Å². The number of hydrogen-bond acceptors (Lipinski definition) is 5. The molecule has 0 saturated carbocycles. The van der Waals surface area contributed by atoms with E-state index in [1.165, 1.54) is 0 Å². The molecule has 5 rings (SSSR count). The Balaban J connectivity index is 1.23. The lowest BCUT2D eigenvalue weighted by molar-refractivity contribution is -0.172. The van der Waals surface area contributed by atoms with Crippen molar-refractivity contribution < 1.29 is 27.6 Å². The molecule has 3 heterocycles. The minimum absolute atomic E-state index is 0.0543. The number of halogens is 3. The van der Waals surface area contributed by atoms with Crippen LogP contribution < -0.4 is 21.3 Å². The minimum atomic E-state index is -4.48. The molecule has 3 aliphatic rings. The lowest BCUT2D eigenvalue weighted by Crippen LogP contribution is -2.50. The van der Waals surface area contributed by atoms with Crippen LogP contribution in [0.25, 0.3) is 0 Å². The van der Waals surface area contributed by atoms with E-state index in [0.717, 1.165) is 16.7 Å². The van der Waals surface area contributed by atoms with Crippen molar-refractivity contribution in [2.75, 3.05) is 30.3 Å². The van der Waals surface area contributed by atoms with Gasteiger partial charge in [-0.15, -0.1) is 0 Å². The topological polar surface area (TPSA) is 112 Å². The van der Waals surface area contributed by atoms with Crippen molar-refractivity contribution in [1.82, 2.24) is 15.6 Å². The quantitative estimate of drug-likeness (QED) is 0.503. The number of pyridine rings is 1. The molecule has 8 nitrogen and oxygen atoms in total. The molecule has 2 aromatic rings. The molecule has 2 aliphatic heterocycles. The Morgan fingerprint density at radius 1 is 1.08 bits per heavy atom. The van der Waals surface area contributed by atoms with E-state index in [0.29, 0.717) is 37.4 Å². The van der Waals surface area contributed by atoms with Gasteiger partial charge in [-0.2, -0.15) is 13.2 Å². The van der Waals surface area contributed by atoms with Gasteiger partial charge in [0.15, 0.2) is 0 Å². The molecule has 36 heavy (non-hydrogen) atoms. The van der Waals surface area contributed by atoms with Crippen LogP contribution in [0, 0.1) is 5.41 Å². The Hall–Kier alpha value is -3.47. The number of benzene rings is 1. The van der Waals surface area contributed by atoms with E-state index in [4.69, 9.17) is 0 Å². The number of anilines is 2. The van der Waals surface area contributed by atoms with Crippen LogP contribution in [0.4, 0.5) is 24.7 Å². The number of rotatable bonds is 5. The first kappa shape index (κ1) is 24.2. The molecular weight excluding hydrogens is 475 g/mol. The van der Waals surface area contributed by atoms with Crippen molar-refractivity contribution in [3.63, 3.8) is 0 Å². The highest BCUT2D eigenvalue weighted by atomic mass is 19.4. The zero-order valence-electron chi connectivity index (χ0n) is 19.4. The molecular formula is C25H26F3N5O3. The van der Waals surface area contributed by atoms with Crippen LogP contribution in [0.2, 0.25) is 0 Å². The van der Waals surface area contributed by atoms with Gasteiger partial charge in [0.2, 0.25) is 17.7 Å². The highest BCUT2D eigenvalue weighted by molar-refractivity contribution is 6.06. The van der Waals surface area contributed by atoms with Gasteiger partial charge in [-0.05, 0) is 68.1 Å². The number of fused-ring (bicyclic) bond motifs is 3. The maximum absolute atomic E-state index is 13.1. The summed E-state index contributed by atoms with van der Waals surface area (Å²) >= 11 is 0. The van der Waals surface area contributed by atoms with Crippen molar-refractivity contribution >= 4 is 29.2 Å². The molecule has 1 aromatic heterocycles. The normalized spacial score (nSPS) is 22.0. The summed E-state index contributed by atoms with van der Waals surface area (Å²) in [6.45, 7) is 0.185. The summed E-state index contributed by atoms with van der Waals surface area (Å²) in [7, 11) is 0. The molecule has 4 N–H and O–H groups in total. The zero-order valence-corrected chi connectivity index (χ0v) is 19.4. The SMILES string of the molecule is O=C(CNC(=O)C1(CC(F)(F)F)CCNCC1)Nc1ccc2c(c1)CC1(C2)C(=O)Nc2ncccc21. The van der Waals surface area contributed by atoms with E-state index in [1.807, 2.05) is 12.1 Å². The standard InChI is InChI=1S/C25H26F3N5O3/c26-25(27,28)14-23(5-8-29-9-6-23)21(35)31-13-19(34)32-17-4-3-15-11-24(12-16(15)10-17)18-2-1-7-30-20(18)33-22(24)36/h1-4,7,10,29H,5-6,8-9,11-14H2,(H,31,35)(H,32,34)(H,30,33,36). The maximum atomic E-state index is 13.1. The minimum Gasteiger partial charge on any atom is -0.347 e. The molecule has 3 amide bonds. The Morgan fingerprint density at radius 2 is 1.83 bits per heavy atom. The summed E-state index contributed by atoms with van der Waals surface area (Å²) in [4.78, 5) is 42.3. The second-order valence-corrected chi connectivity index (χ2v) is 9.83. The first-order chi connectivity index (χ1) is 17.1. The fraction of sp³-hybridized carbons (Fsp3) is 0.440. The van der Waals surface area contributed by atoms with Gasteiger partial charge in [-0.3, -0.25) is 14.4 Å². The molecule has 1 spiro atoms. The Morgan fingerprint density at radius 3 is 2.58 bits per heavy atom. The molecule has 1 aliphatic carbocycles. The Kier molecular flexibility index (Phi) is 5.98. The van der Waals surface area contributed by atoms with Gasteiger partial charge in [-0.1, -0.05) is 12.1 Å². The van der Waals surface area contributed by atoms with Crippen molar-refractivity contribution in [2.24, 2.45) is 5.41 Å². The Bertz CT molecular complexity index is 1230. The molecule has 1 aromatic carbocycles. The summed E-state index contributed by atoms with van der Waals surface area (Å²) in [5, 5.41) is 10.9. The van der Waals surface area contributed by atoms with Gasteiger partial charge < -0.3 is 21.3 Å². The van der Waals surface area contributed by atoms with E-state index in [1.54, 1.807) is 24.4 Å². The predicted molar refractivity (Wildman–Crippen MR) is 125 cm³/mol. The maximum Gasteiger partial charge on any atom is 0.390 e. The second kappa shape index (κ2) is 8.88. The summed E-state index contributed by atoms with van der Waals surface area (Å²) < 4.78 is 39.4. The zero-order chi connectivity index (χ0) is 25.6. The molecule has 1 atom stereocenters. The van der Waals surface area contributed by atoms with E-state index < -0.39 is 41.8 Å². The molecule has 11 heteroatoms. The van der Waals surface area contributed by atoms with Gasteiger partial charge in [0.1, 0.15) is 5.82 Å². The van der Waals surface area contributed by atoms with Crippen LogP contribution in [-0.2, 0) is 32.6 Å². The monoisotopic (exact) mass is 501 g/mol. The first-order valence-corrected chi connectivity index (χ1v) is 11.8. The lowest BCUT2D eigenvalue weighted by Gasteiger charge is -2.36. The van der Waals surface area contributed by atoms with Crippen molar-refractivity contribution in [1.29, 1.82) is 0 Å². The molecule has 1 unspecified atom stereocenters. The number of carbonyl (C=O) groups is 3. The van der Waals surface area contributed by atoms with Gasteiger partial charge in [0.25, 0.3) is 0 Å². The predicted octanol–water partition coefficient (Wildman–Crippen LogP) is 2.45. The number of nitrogens with one attached hydrogen (secondary N) is 4. The van der Waals surface area contributed by atoms with Crippen molar-refractivity contribution in [2.45, 2.75) is 43.7 Å². The summed E-state index contributed by atoms with van der Waals surface area (Å²) in [5.41, 5.74) is 0.950. The highest BCUT2D eigenvalue weighted by Crippen LogP contribution is 2.47. The number of hydrogen-bond donors (Lipinski definition) is 4. The third-order valence-electron chi connectivity index (χ3n) is 7.46. The summed E-state index contributed by atoms with van der Waals surface area (Å²) in [6, 6.07) is 9.06. The van der Waals surface area contributed by atoms with Gasteiger partial charge in [0.05, 0.1) is 23.8 Å². The summed E-state index contributed by atoms with van der Waals surface area (Å²) in [5.74, 6) is -0.838.